The van der Waals surface area contributed by atoms with Gasteiger partial charge in [-0.3, -0.25) is 19.7 Å². The van der Waals surface area contributed by atoms with Gasteiger partial charge in [0.25, 0.3) is 11.2 Å². The summed E-state index contributed by atoms with van der Waals surface area (Å²) in [6, 6.07) is 4.04. The lowest BCUT2D eigenvalue weighted by Crippen LogP contribution is -2.24. The summed E-state index contributed by atoms with van der Waals surface area (Å²) in [4.78, 5) is 34.9. The summed E-state index contributed by atoms with van der Waals surface area (Å²) < 4.78 is 8.80. The maximum atomic E-state index is 12.7. The van der Waals surface area contributed by atoms with Crippen LogP contribution in [0.3, 0.4) is 0 Å². The fourth-order valence-electron chi connectivity index (χ4n) is 3.35. The van der Waals surface area contributed by atoms with Crippen molar-refractivity contribution in [2.45, 2.75) is 45.9 Å². The molecule has 0 bridgehead atoms. The number of nitrogens with zero attached hydrogens (tertiary/aromatic N) is 3. The van der Waals surface area contributed by atoms with Gasteiger partial charge in [0.2, 0.25) is 0 Å². The molecule has 0 saturated carbocycles. The molecule has 1 atom stereocenters. The van der Waals surface area contributed by atoms with E-state index in [2.05, 4.69) is 4.57 Å². The predicted octanol–water partition coefficient (Wildman–Crippen LogP) is 2.24. The Morgan fingerprint density at radius 1 is 1.38 bits per heavy atom. The molecular weight excluding hydrogens is 338 g/mol. The number of aromatic nitrogens is 2. The van der Waals surface area contributed by atoms with Crippen molar-refractivity contribution < 1.29 is 14.5 Å². The van der Waals surface area contributed by atoms with E-state index in [0.717, 1.165) is 53.7 Å². The number of pyridine rings is 1. The largest absolute Gasteiger partial charge is 0.376 e. The summed E-state index contributed by atoms with van der Waals surface area (Å²) in [6.45, 7) is 5.03. The number of hydrogen-bond acceptors (Lipinski definition) is 5. The van der Waals surface area contributed by atoms with Crippen LogP contribution in [0.1, 0.15) is 34.6 Å². The van der Waals surface area contributed by atoms with Crippen LogP contribution in [0.2, 0.25) is 0 Å². The summed E-state index contributed by atoms with van der Waals surface area (Å²) in [6.07, 6.45) is 3.31. The summed E-state index contributed by atoms with van der Waals surface area (Å²) in [5.41, 5.74) is 1.63. The van der Waals surface area contributed by atoms with Gasteiger partial charge in [-0.15, -0.1) is 0 Å². The molecule has 0 unspecified atom stereocenters. The molecule has 2 aromatic heterocycles. The van der Waals surface area contributed by atoms with Crippen LogP contribution in [0.25, 0.3) is 0 Å². The number of carbonyl (C=O) groups is 1. The summed E-state index contributed by atoms with van der Waals surface area (Å²) in [7, 11) is 0. The molecule has 138 valence electrons. The predicted molar refractivity (Wildman–Crippen MR) is 94.6 cm³/mol. The van der Waals surface area contributed by atoms with Crippen molar-refractivity contribution in [1.29, 1.82) is 0 Å². The van der Waals surface area contributed by atoms with Crippen molar-refractivity contribution in [2.75, 3.05) is 6.61 Å². The molecule has 0 amide bonds. The van der Waals surface area contributed by atoms with E-state index in [1.54, 1.807) is 6.07 Å². The van der Waals surface area contributed by atoms with E-state index < -0.39 is 10.5 Å². The Hall–Kier alpha value is -2.74. The molecule has 0 radical (unpaired) electrons. The Morgan fingerprint density at radius 2 is 2.15 bits per heavy atom. The van der Waals surface area contributed by atoms with E-state index in [-0.39, 0.29) is 24.1 Å². The fraction of sp³-hybridized carbons (Fsp3) is 0.444. The van der Waals surface area contributed by atoms with Gasteiger partial charge in [0, 0.05) is 42.2 Å². The van der Waals surface area contributed by atoms with Crippen LogP contribution in [0, 0.1) is 24.0 Å². The minimum Gasteiger partial charge on any atom is -0.376 e. The minimum absolute atomic E-state index is 0.155. The third kappa shape index (κ3) is 3.60. The first-order valence-corrected chi connectivity index (χ1v) is 8.53. The van der Waals surface area contributed by atoms with Gasteiger partial charge in [-0.25, -0.2) is 0 Å². The third-order valence-corrected chi connectivity index (χ3v) is 4.78. The van der Waals surface area contributed by atoms with Crippen LogP contribution in [0.15, 0.2) is 29.2 Å². The summed E-state index contributed by atoms with van der Waals surface area (Å²) in [5, 5.41) is 10.9. The van der Waals surface area contributed by atoms with Gasteiger partial charge >= 0.3 is 0 Å². The maximum Gasteiger partial charge on any atom is 0.285 e. The smallest absolute Gasteiger partial charge is 0.285 e. The van der Waals surface area contributed by atoms with Crippen molar-refractivity contribution >= 4 is 11.5 Å². The number of ketones is 1. The summed E-state index contributed by atoms with van der Waals surface area (Å²) in [5.74, 6) is -0.251. The lowest BCUT2D eigenvalue weighted by molar-refractivity contribution is -0.385. The van der Waals surface area contributed by atoms with Crippen molar-refractivity contribution in [3.05, 3.63) is 61.8 Å². The highest BCUT2D eigenvalue weighted by molar-refractivity contribution is 5.97. The van der Waals surface area contributed by atoms with Crippen LogP contribution in [-0.4, -0.2) is 32.6 Å². The topological polar surface area (TPSA) is 96.4 Å². The molecule has 26 heavy (non-hydrogen) atoms. The molecule has 0 N–H and O–H groups in total. The lowest BCUT2D eigenvalue weighted by Gasteiger charge is -2.14. The minimum atomic E-state index is -0.589. The lowest BCUT2D eigenvalue weighted by atomic mass is 10.1. The van der Waals surface area contributed by atoms with Crippen molar-refractivity contribution in [1.82, 2.24) is 9.13 Å². The molecule has 0 aliphatic carbocycles. The molecule has 1 aliphatic heterocycles. The van der Waals surface area contributed by atoms with E-state index in [9.17, 15) is 19.7 Å². The van der Waals surface area contributed by atoms with E-state index in [0.29, 0.717) is 12.1 Å². The first-order chi connectivity index (χ1) is 12.4. The monoisotopic (exact) mass is 359 g/mol. The number of Topliss-reactive ketones (excluding diaryl/α,β-unsaturated/α-hetero) is 1. The van der Waals surface area contributed by atoms with Gasteiger partial charge < -0.3 is 13.9 Å². The zero-order chi connectivity index (χ0) is 18.8. The highest BCUT2D eigenvalue weighted by atomic mass is 16.6. The average Bonchev–Trinajstić information content (AvgIpc) is 3.20. The Bertz CT molecular complexity index is 906. The fourth-order valence-corrected chi connectivity index (χ4v) is 3.35. The van der Waals surface area contributed by atoms with Gasteiger partial charge in [0.05, 0.1) is 23.8 Å². The Balaban J connectivity index is 1.83. The Kier molecular flexibility index (Phi) is 5.03. The van der Waals surface area contributed by atoms with E-state index >= 15 is 0 Å². The highest BCUT2D eigenvalue weighted by Crippen LogP contribution is 2.21. The van der Waals surface area contributed by atoms with E-state index in [1.807, 2.05) is 13.8 Å². The number of ether oxygens (including phenoxy) is 1. The van der Waals surface area contributed by atoms with Crippen molar-refractivity contribution in [2.24, 2.45) is 0 Å². The van der Waals surface area contributed by atoms with Crippen LogP contribution in [0.4, 0.5) is 5.69 Å². The van der Waals surface area contributed by atoms with Gasteiger partial charge in [-0.1, -0.05) is 0 Å². The SMILES string of the molecule is Cc1cc(C(=O)Cn2cc([N+](=O)[O-])ccc2=O)c(C)n1C[C@@H]1CCCO1. The molecule has 2 aromatic rings. The van der Waals surface area contributed by atoms with Gasteiger partial charge in [-0.05, 0) is 32.8 Å². The third-order valence-electron chi connectivity index (χ3n) is 4.78. The van der Waals surface area contributed by atoms with Crippen LogP contribution in [0.5, 0.6) is 0 Å². The average molecular weight is 359 g/mol. The standard InChI is InChI=1S/C18H21N3O5/c1-12-8-16(13(2)20(12)10-15-4-3-7-26-15)17(22)11-19-9-14(21(24)25)5-6-18(19)23/h5-6,8-9,15H,3-4,7,10-11H2,1-2H3/t15-/m0/s1. The Morgan fingerprint density at radius 3 is 2.81 bits per heavy atom. The number of carbonyl (C=O) groups excluding carboxylic acids is 1. The normalized spacial score (nSPS) is 16.8. The summed E-state index contributed by atoms with van der Waals surface area (Å²) >= 11 is 0. The molecule has 1 fully saturated rings. The molecular formula is C18H21N3O5. The maximum absolute atomic E-state index is 12.7. The highest BCUT2D eigenvalue weighted by Gasteiger charge is 2.21. The molecule has 3 heterocycles. The van der Waals surface area contributed by atoms with Crippen LogP contribution in [-0.2, 0) is 17.8 Å². The zero-order valence-electron chi connectivity index (χ0n) is 14.8. The number of hydrogen-bond donors (Lipinski definition) is 0. The van der Waals surface area contributed by atoms with Gasteiger partial charge in [-0.2, -0.15) is 0 Å². The zero-order valence-corrected chi connectivity index (χ0v) is 14.8. The Labute approximate surface area is 150 Å². The van der Waals surface area contributed by atoms with E-state index in [4.69, 9.17) is 4.74 Å². The molecule has 8 heteroatoms. The van der Waals surface area contributed by atoms with Crippen molar-refractivity contribution in [3.8, 4) is 0 Å². The molecule has 1 aliphatic rings. The van der Waals surface area contributed by atoms with E-state index in [1.165, 1.54) is 0 Å². The van der Waals surface area contributed by atoms with Gasteiger partial charge in [0.15, 0.2) is 5.78 Å². The molecule has 1 saturated heterocycles. The quantitative estimate of drug-likeness (QED) is 0.448. The second-order valence-corrected chi connectivity index (χ2v) is 6.56. The van der Waals surface area contributed by atoms with Crippen LogP contribution < -0.4 is 5.56 Å². The van der Waals surface area contributed by atoms with Crippen molar-refractivity contribution in [3.63, 3.8) is 0 Å². The second-order valence-electron chi connectivity index (χ2n) is 6.56. The first kappa shape index (κ1) is 18.1. The molecule has 0 spiro atoms. The molecule has 8 nitrogen and oxygen atoms in total. The number of rotatable bonds is 6. The molecule has 0 aromatic carbocycles. The number of nitro groups is 1. The van der Waals surface area contributed by atoms with Gasteiger partial charge in [0.1, 0.15) is 0 Å². The first-order valence-electron chi connectivity index (χ1n) is 8.53. The number of aryl methyl sites for hydroxylation is 1. The van der Waals surface area contributed by atoms with Crippen LogP contribution >= 0.6 is 0 Å². The second kappa shape index (κ2) is 7.25. The molecule has 3 rings (SSSR count).